The second-order valence-corrected chi connectivity index (χ2v) is 6.27. The number of carbonyl (C=O) groups is 1. The Morgan fingerprint density at radius 2 is 1.62 bits per heavy atom. The number of benzene rings is 2. The Bertz CT molecular complexity index is 580. The monoisotopic (exact) mass is 345 g/mol. The number of rotatable bonds is 5. The van der Waals surface area contributed by atoms with Crippen LogP contribution in [0.5, 0.6) is 0 Å². The lowest BCUT2D eigenvalue weighted by atomic mass is 9.97. The maximum absolute atomic E-state index is 12.2. The molecule has 2 rings (SSSR count). The van der Waals surface area contributed by atoms with Crippen molar-refractivity contribution in [1.29, 1.82) is 0 Å². The third kappa shape index (κ3) is 4.71. The van der Waals surface area contributed by atoms with Gasteiger partial charge >= 0.3 is 0 Å². The summed E-state index contributed by atoms with van der Waals surface area (Å²) < 4.78 is 1.04. The fourth-order valence-electron chi connectivity index (χ4n) is 2.31. The molecular weight excluding hydrogens is 326 g/mol. The third-order valence-corrected chi connectivity index (χ3v) is 4.14. The highest BCUT2D eigenvalue weighted by molar-refractivity contribution is 9.10. The van der Waals surface area contributed by atoms with Crippen molar-refractivity contribution in [3.05, 3.63) is 70.2 Å². The van der Waals surface area contributed by atoms with Gasteiger partial charge in [-0.25, -0.2) is 0 Å². The molecule has 0 aromatic heterocycles. The summed E-state index contributed by atoms with van der Waals surface area (Å²) in [6.07, 6.45) is 0.505. The lowest BCUT2D eigenvalue weighted by Crippen LogP contribution is -2.27. The van der Waals surface area contributed by atoms with Gasteiger partial charge in [0, 0.05) is 10.9 Å². The Labute approximate surface area is 134 Å². The highest BCUT2D eigenvalue weighted by Gasteiger charge is 2.14. The minimum atomic E-state index is 0.0218. The van der Waals surface area contributed by atoms with Crippen LogP contribution in [0.1, 0.15) is 43.4 Å². The van der Waals surface area contributed by atoms with Crippen molar-refractivity contribution in [3.63, 3.8) is 0 Å². The summed E-state index contributed by atoms with van der Waals surface area (Å²) in [4.78, 5) is 12.2. The van der Waals surface area contributed by atoms with E-state index in [-0.39, 0.29) is 17.9 Å². The highest BCUT2D eigenvalue weighted by Crippen LogP contribution is 2.20. The van der Waals surface area contributed by atoms with E-state index in [0.29, 0.717) is 6.42 Å². The number of amides is 1. The SMILES string of the molecule is CC(CC(=O)NC(C)c1ccc(Br)cc1)c1ccccc1. The number of hydrogen-bond acceptors (Lipinski definition) is 1. The van der Waals surface area contributed by atoms with Crippen LogP contribution in [0, 0.1) is 0 Å². The van der Waals surface area contributed by atoms with Gasteiger partial charge in [0.2, 0.25) is 5.91 Å². The first-order valence-electron chi connectivity index (χ1n) is 7.16. The van der Waals surface area contributed by atoms with Gasteiger partial charge in [0.15, 0.2) is 0 Å². The molecule has 0 spiro atoms. The Kier molecular flexibility index (Phi) is 5.57. The van der Waals surface area contributed by atoms with Crippen molar-refractivity contribution in [1.82, 2.24) is 5.32 Å². The van der Waals surface area contributed by atoms with Crippen LogP contribution in [0.15, 0.2) is 59.1 Å². The van der Waals surface area contributed by atoms with Crippen LogP contribution in [-0.2, 0) is 4.79 Å². The predicted molar refractivity (Wildman–Crippen MR) is 90.2 cm³/mol. The van der Waals surface area contributed by atoms with Crippen molar-refractivity contribution < 1.29 is 4.79 Å². The van der Waals surface area contributed by atoms with E-state index >= 15 is 0 Å². The fourth-order valence-corrected chi connectivity index (χ4v) is 2.58. The maximum atomic E-state index is 12.2. The van der Waals surface area contributed by atoms with Crippen LogP contribution >= 0.6 is 15.9 Å². The Balaban J connectivity index is 1.91. The number of halogens is 1. The lowest BCUT2D eigenvalue weighted by Gasteiger charge is -2.17. The second kappa shape index (κ2) is 7.41. The van der Waals surface area contributed by atoms with Gasteiger partial charge in [-0.15, -0.1) is 0 Å². The quantitative estimate of drug-likeness (QED) is 0.826. The number of hydrogen-bond donors (Lipinski definition) is 1. The van der Waals surface area contributed by atoms with E-state index in [1.807, 2.05) is 49.4 Å². The van der Waals surface area contributed by atoms with E-state index < -0.39 is 0 Å². The molecule has 0 fully saturated rings. The lowest BCUT2D eigenvalue weighted by molar-refractivity contribution is -0.122. The zero-order valence-corrected chi connectivity index (χ0v) is 13.9. The first-order chi connectivity index (χ1) is 10.1. The molecule has 0 saturated carbocycles. The fraction of sp³-hybridized carbons (Fsp3) is 0.278. The van der Waals surface area contributed by atoms with Gasteiger partial charge in [-0.1, -0.05) is 65.3 Å². The maximum Gasteiger partial charge on any atom is 0.221 e. The molecule has 0 aliphatic carbocycles. The van der Waals surface area contributed by atoms with Crippen LogP contribution in [0.4, 0.5) is 0 Å². The Morgan fingerprint density at radius 1 is 1.00 bits per heavy atom. The van der Waals surface area contributed by atoms with Gasteiger partial charge in [-0.2, -0.15) is 0 Å². The molecule has 0 bridgehead atoms. The van der Waals surface area contributed by atoms with E-state index in [2.05, 4.69) is 40.3 Å². The normalized spacial score (nSPS) is 13.5. The van der Waals surface area contributed by atoms with E-state index in [1.54, 1.807) is 0 Å². The summed E-state index contributed by atoms with van der Waals surface area (Å²) in [6, 6.07) is 18.2. The van der Waals surface area contributed by atoms with Crippen molar-refractivity contribution in [2.45, 2.75) is 32.2 Å². The summed E-state index contributed by atoms with van der Waals surface area (Å²) >= 11 is 3.42. The van der Waals surface area contributed by atoms with Gasteiger partial charge in [-0.3, -0.25) is 4.79 Å². The van der Waals surface area contributed by atoms with Crippen molar-refractivity contribution in [2.24, 2.45) is 0 Å². The molecular formula is C18H20BrNO. The predicted octanol–water partition coefficient (Wildman–Crippen LogP) is 4.82. The average molecular weight is 346 g/mol. The number of carbonyl (C=O) groups excluding carboxylic acids is 1. The molecule has 1 N–H and O–H groups in total. The van der Waals surface area contributed by atoms with Crippen LogP contribution < -0.4 is 5.32 Å². The van der Waals surface area contributed by atoms with Crippen LogP contribution in [0.25, 0.3) is 0 Å². The van der Waals surface area contributed by atoms with Crippen LogP contribution in [0.2, 0.25) is 0 Å². The molecule has 1 amide bonds. The van der Waals surface area contributed by atoms with E-state index in [9.17, 15) is 4.79 Å². The standard InChI is InChI=1S/C18H20BrNO/c1-13(15-6-4-3-5-7-15)12-18(21)20-14(2)16-8-10-17(19)11-9-16/h3-11,13-14H,12H2,1-2H3,(H,20,21). The number of nitrogens with one attached hydrogen (secondary N) is 1. The molecule has 0 heterocycles. The third-order valence-electron chi connectivity index (χ3n) is 3.61. The van der Waals surface area contributed by atoms with E-state index in [1.165, 1.54) is 5.56 Å². The molecule has 0 aliphatic rings. The van der Waals surface area contributed by atoms with Gasteiger partial charge in [0.25, 0.3) is 0 Å². The minimum absolute atomic E-state index is 0.0218. The molecule has 2 atom stereocenters. The molecule has 3 heteroatoms. The molecule has 21 heavy (non-hydrogen) atoms. The molecule has 0 saturated heterocycles. The highest BCUT2D eigenvalue weighted by atomic mass is 79.9. The molecule has 2 aromatic carbocycles. The van der Waals surface area contributed by atoms with Gasteiger partial charge in [0.05, 0.1) is 6.04 Å². The minimum Gasteiger partial charge on any atom is -0.350 e. The van der Waals surface area contributed by atoms with Crippen LogP contribution in [0.3, 0.4) is 0 Å². The molecule has 0 aliphatic heterocycles. The first-order valence-corrected chi connectivity index (χ1v) is 7.95. The summed E-state index contributed by atoms with van der Waals surface area (Å²) in [5, 5.41) is 3.06. The van der Waals surface area contributed by atoms with Crippen molar-refractivity contribution in [2.75, 3.05) is 0 Å². The average Bonchev–Trinajstić information content (AvgIpc) is 2.48. The zero-order chi connectivity index (χ0) is 15.2. The van der Waals surface area contributed by atoms with E-state index in [4.69, 9.17) is 0 Å². The van der Waals surface area contributed by atoms with Crippen LogP contribution in [-0.4, -0.2) is 5.91 Å². The largest absolute Gasteiger partial charge is 0.350 e. The molecule has 2 nitrogen and oxygen atoms in total. The van der Waals surface area contributed by atoms with Crippen molar-refractivity contribution in [3.8, 4) is 0 Å². The second-order valence-electron chi connectivity index (χ2n) is 5.36. The van der Waals surface area contributed by atoms with Gasteiger partial charge in [0.1, 0.15) is 0 Å². The summed E-state index contributed by atoms with van der Waals surface area (Å²) in [5.41, 5.74) is 2.31. The topological polar surface area (TPSA) is 29.1 Å². The molecule has 0 radical (unpaired) electrons. The molecule has 110 valence electrons. The first kappa shape index (κ1) is 15.8. The zero-order valence-electron chi connectivity index (χ0n) is 12.3. The summed E-state index contributed by atoms with van der Waals surface area (Å²) in [7, 11) is 0. The van der Waals surface area contributed by atoms with Gasteiger partial charge < -0.3 is 5.32 Å². The summed E-state index contributed by atoms with van der Waals surface area (Å²) in [5.74, 6) is 0.310. The molecule has 2 unspecified atom stereocenters. The van der Waals surface area contributed by atoms with Gasteiger partial charge in [-0.05, 0) is 36.1 Å². The molecule has 2 aromatic rings. The summed E-state index contributed by atoms with van der Waals surface area (Å²) in [6.45, 7) is 4.09. The van der Waals surface area contributed by atoms with Crippen molar-refractivity contribution >= 4 is 21.8 Å². The smallest absolute Gasteiger partial charge is 0.221 e. The Morgan fingerprint density at radius 3 is 2.24 bits per heavy atom. The van der Waals surface area contributed by atoms with E-state index in [0.717, 1.165) is 10.0 Å². The Hall–Kier alpha value is -1.61.